The van der Waals surface area contributed by atoms with E-state index in [-0.39, 0.29) is 5.95 Å². The Bertz CT molecular complexity index is 1030. The summed E-state index contributed by atoms with van der Waals surface area (Å²) < 4.78 is 32.6. The molecule has 0 unspecified atom stereocenters. The van der Waals surface area contributed by atoms with E-state index in [1.165, 1.54) is 12.1 Å². The summed E-state index contributed by atoms with van der Waals surface area (Å²) in [7, 11) is 1.61. The molecule has 1 aliphatic rings. The van der Waals surface area contributed by atoms with E-state index in [9.17, 15) is 8.78 Å². The van der Waals surface area contributed by atoms with Gasteiger partial charge in [-0.25, -0.2) is 13.8 Å². The van der Waals surface area contributed by atoms with Crippen molar-refractivity contribution in [3.63, 3.8) is 0 Å². The predicted octanol–water partition coefficient (Wildman–Crippen LogP) is 3.97. The largest absolute Gasteiger partial charge is 0.497 e. The fourth-order valence-electron chi connectivity index (χ4n) is 3.49. The van der Waals surface area contributed by atoms with Crippen molar-refractivity contribution in [3.8, 4) is 17.0 Å². The van der Waals surface area contributed by atoms with E-state index in [1.807, 2.05) is 35.2 Å². The summed E-state index contributed by atoms with van der Waals surface area (Å²) in [5.74, 6) is -0.107. The lowest BCUT2D eigenvalue weighted by Gasteiger charge is -2.23. The van der Waals surface area contributed by atoms with Crippen molar-refractivity contribution in [2.75, 3.05) is 24.3 Å². The molecule has 0 atom stereocenters. The molecule has 0 radical (unpaired) electrons. The smallest absolute Gasteiger partial charge is 0.222 e. The molecule has 0 saturated heterocycles. The number of anilines is 2. The van der Waals surface area contributed by atoms with Gasteiger partial charge in [-0.2, -0.15) is 4.98 Å². The first-order valence-corrected chi connectivity index (χ1v) is 9.04. The fourth-order valence-corrected chi connectivity index (χ4v) is 3.49. The molecule has 0 saturated carbocycles. The molecule has 0 bridgehead atoms. The Morgan fingerprint density at radius 2 is 1.82 bits per heavy atom. The van der Waals surface area contributed by atoms with Crippen LogP contribution in [0, 0.1) is 11.6 Å². The van der Waals surface area contributed by atoms with Gasteiger partial charge >= 0.3 is 0 Å². The molecular weight excluding hydrogens is 362 g/mol. The quantitative estimate of drug-likeness (QED) is 0.743. The van der Waals surface area contributed by atoms with Crippen molar-refractivity contribution in [3.05, 3.63) is 65.2 Å². The maximum atomic E-state index is 13.7. The number of halogens is 2. The normalized spacial score (nSPS) is 13.8. The van der Waals surface area contributed by atoms with Crippen LogP contribution in [0.25, 0.3) is 11.3 Å². The van der Waals surface area contributed by atoms with Gasteiger partial charge in [-0.3, -0.25) is 0 Å². The highest BCUT2D eigenvalue weighted by Crippen LogP contribution is 2.29. The molecule has 0 amide bonds. The zero-order valence-corrected chi connectivity index (χ0v) is 15.5. The Hall–Kier alpha value is -3.22. The zero-order valence-electron chi connectivity index (χ0n) is 15.5. The first-order chi connectivity index (χ1) is 13.5. The van der Waals surface area contributed by atoms with Gasteiger partial charge in [0.25, 0.3) is 0 Å². The zero-order chi connectivity index (χ0) is 19.7. The Labute approximate surface area is 161 Å². The highest BCUT2D eigenvalue weighted by molar-refractivity contribution is 5.66. The van der Waals surface area contributed by atoms with E-state index in [1.54, 1.807) is 7.11 Å². The minimum absolute atomic E-state index is 0.157. The lowest BCUT2D eigenvalue weighted by Crippen LogP contribution is -2.24. The third kappa shape index (κ3) is 3.60. The van der Waals surface area contributed by atoms with Crippen molar-refractivity contribution < 1.29 is 13.5 Å². The summed E-state index contributed by atoms with van der Waals surface area (Å²) in [6.45, 7) is 1.13. The summed E-state index contributed by atoms with van der Waals surface area (Å²) in [4.78, 5) is 10.7. The van der Waals surface area contributed by atoms with Gasteiger partial charge in [-0.1, -0.05) is 12.1 Å². The van der Waals surface area contributed by atoms with Crippen molar-refractivity contribution >= 4 is 11.8 Å². The molecule has 5 nitrogen and oxygen atoms in total. The Balaban J connectivity index is 1.70. The number of hydrogen-bond acceptors (Lipinski definition) is 5. The SMILES string of the molecule is COc1cccc(-c2cc(N3CCCc4cc(F)c(F)cc4C3)nc(N)n2)c1. The second kappa shape index (κ2) is 7.42. The van der Waals surface area contributed by atoms with E-state index >= 15 is 0 Å². The molecule has 2 N–H and O–H groups in total. The standard InChI is InChI=1S/C21H20F2N4O/c1-28-16-6-2-4-14(8-16)19-11-20(26-21(24)25-19)27-7-3-5-13-9-17(22)18(23)10-15(13)12-27/h2,4,6,8-11H,3,5,7,12H2,1H3,(H2,24,25,26). The molecule has 1 aromatic heterocycles. The molecule has 2 aromatic carbocycles. The second-order valence-electron chi connectivity index (χ2n) is 6.76. The van der Waals surface area contributed by atoms with Crippen LogP contribution in [-0.2, 0) is 13.0 Å². The van der Waals surface area contributed by atoms with Gasteiger partial charge in [0.05, 0.1) is 12.8 Å². The van der Waals surface area contributed by atoms with Gasteiger partial charge in [-0.15, -0.1) is 0 Å². The van der Waals surface area contributed by atoms with Crippen molar-refractivity contribution in [1.82, 2.24) is 9.97 Å². The van der Waals surface area contributed by atoms with Crippen LogP contribution in [0.3, 0.4) is 0 Å². The van der Waals surface area contributed by atoms with Crippen molar-refractivity contribution in [2.24, 2.45) is 0 Å². The Kier molecular flexibility index (Phi) is 4.81. The molecule has 0 aliphatic carbocycles. The molecular formula is C21H20F2N4O. The molecule has 7 heteroatoms. The van der Waals surface area contributed by atoms with Crippen LogP contribution in [0.1, 0.15) is 17.5 Å². The average molecular weight is 382 g/mol. The maximum absolute atomic E-state index is 13.7. The lowest BCUT2D eigenvalue weighted by molar-refractivity contribution is 0.415. The second-order valence-corrected chi connectivity index (χ2v) is 6.76. The number of nitrogens with zero attached hydrogens (tertiary/aromatic N) is 3. The van der Waals surface area contributed by atoms with Crippen LogP contribution in [0.4, 0.5) is 20.5 Å². The molecule has 4 rings (SSSR count). The molecule has 0 spiro atoms. The number of fused-ring (bicyclic) bond motifs is 1. The number of rotatable bonds is 3. The van der Waals surface area contributed by atoms with Gasteiger partial charge in [0.15, 0.2) is 11.6 Å². The van der Waals surface area contributed by atoms with E-state index < -0.39 is 11.6 Å². The molecule has 144 valence electrons. The highest BCUT2D eigenvalue weighted by Gasteiger charge is 2.19. The number of methoxy groups -OCH3 is 1. The molecule has 2 heterocycles. The van der Waals surface area contributed by atoms with Crippen molar-refractivity contribution in [1.29, 1.82) is 0 Å². The summed E-state index contributed by atoms with van der Waals surface area (Å²) in [6, 6.07) is 12.0. The van der Waals surface area contributed by atoms with Crippen LogP contribution in [0.2, 0.25) is 0 Å². The third-order valence-electron chi connectivity index (χ3n) is 4.90. The fraction of sp³-hybridized carbons (Fsp3) is 0.238. The van der Waals surface area contributed by atoms with E-state index in [2.05, 4.69) is 9.97 Å². The van der Waals surface area contributed by atoms with Gasteiger partial charge in [0.2, 0.25) is 5.95 Å². The van der Waals surface area contributed by atoms with Crippen LogP contribution < -0.4 is 15.4 Å². The number of nitrogens with two attached hydrogens (primary N) is 1. The van der Waals surface area contributed by atoms with E-state index in [0.29, 0.717) is 31.0 Å². The average Bonchev–Trinajstić information content (AvgIpc) is 2.90. The minimum Gasteiger partial charge on any atom is -0.497 e. The van der Waals surface area contributed by atoms with E-state index in [4.69, 9.17) is 10.5 Å². The highest BCUT2D eigenvalue weighted by atomic mass is 19.2. The van der Waals surface area contributed by atoms with Gasteiger partial charge in [0.1, 0.15) is 11.6 Å². The van der Waals surface area contributed by atoms with Crippen LogP contribution in [0.15, 0.2) is 42.5 Å². The number of aryl methyl sites for hydroxylation is 1. The summed E-state index contributed by atoms with van der Waals surface area (Å²) >= 11 is 0. The Morgan fingerprint density at radius 3 is 2.61 bits per heavy atom. The third-order valence-corrected chi connectivity index (χ3v) is 4.90. The first-order valence-electron chi connectivity index (χ1n) is 9.04. The van der Waals surface area contributed by atoms with E-state index in [0.717, 1.165) is 28.9 Å². The van der Waals surface area contributed by atoms with Crippen molar-refractivity contribution in [2.45, 2.75) is 19.4 Å². The molecule has 0 fully saturated rings. The van der Waals surface area contributed by atoms with Gasteiger partial charge in [0, 0.05) is 24.7 Å². The number of benzene rings is 2. The first kappa shape index (κ1) is 18.2. The molecule has 1 aliphatic heterocycles. The predicted molar refractivity (Wildman–Crippen MR) is 104 cm³/mol. The molecule has 3 aromatic rings. The minimum atomic E-state index is -0.833. The van der Waals surface area contributed by atoms with Crippen LogP contribution >= 0.6 is 0 Å². The van der Waals surface area contributed by atoms with Crippen LogP contribution in [-0.4, -0.2) is 23.6 Å². The maximum Gasteiger partial charge on any atom is 0.222 e. The summed E-state index contributed by atoms with van der Waals surface area (Å²) in [5.41, 5.74) is 9.09. The summed E-state index contributed by atoms with van der Waals surface area (Å²) in [5, 5.41) is 0. The number of hydrogen-bond donors (Lipinski definition) is 1. The van der Waals surface area contributed by atoms with Crippen LogP contribution in [0.5, 0.6) is 5.75 Å². The molecule has 28 heavy (non-hydrogen) atoms. The monoisotopic (exact) mass is 382 g/mol. The number of ether oxygens (including phenoxy) is 1. The number of nitrogen functional groups attached to an aromatic ring is 1. The summed E-state index contributed by atoms with van der Waals surface area (Å²) in [6.07, 6.45) is 1.49. The topological polar surface area (TPSA) is 64.3 Å². The van der Waals surface area contributed by atoms with Gasteiger partial charge in [-0.05, 0) is 48.2 Å². The number of aromatic nitrogens is 2. The van der Waals surface area contributed by atoms with Gasteiger partial charge < -0.3 is 15.4 Å². The lowest BCUT2D eigenvalue weighted by atomic mass is 10.0. The Morgan fingerprint density at radius 1 is 1.04 bits per heavy atom.